The molecule has 2 nitrogen and oxygen atoms in total. The summed E-state index contributed by atoms with van der Waals surface area (Å²) < 4.78 is 0. The van der Waals surface area contributed by atoms with E-state index in [9.17, 15) is 10.2 Å². The maximum atomic E-state index is 11.6. The summed E-state index contributed by atoms with van der Waals surface area (Å²) in [6, 6.07) is 4.48. The zero-order chi connectivity index (χ0) is 21.8. The number of aromatic hydroxyl groups is 2. The van der Waals surface area contributed by atoms with E-state index in [4.69, 9.17) is 0 Å². The molecule has 0 spiro atoms. The van der Waals surface area contributed by atoms with Gasteiger partial charge in [-0.15, -0.1) is 0 Å². The monoisotopic (exact) mass is 484 g/mol. The Morgan fingerprint density at radius 3 is 1.19 bits per heavy atom. The van der Waals surface area contributed by atoms with E-state index in [0.29, 0.717) is 11.5 Å². The van der Waals surface area contributed by atoms with E-state index in [2.05, 4.69) is 53.7 Å². The molecule has 4 heteroatoms. The second kappa shape index (κ2) is 11.1. The SMILES string of the molecule is CC(C)(C)c1cc2c(c(-c3c(O)c(C(C)(C)C)cc4c3CCCC4)c1O)CCCC2.[K].[K]. The molecule has 4 rings (SSSR count). The van der Waals surface area contributed by atoms with E-state index in [1.807, 2.05) is 0 Å². The predicted octanol–water partition coefficient (Wildman–Crippen LogP) is 6.36. The Hall–Kier alpha value is 1.31. The van der Waals surface area contributed by atoms with E-state index in [-0.39, 0.29) is 114 Å². The van der Waals surface area contributed by atoms with Crippen molar-refractivity contribution < 1.29 is 10.2 Å². The van der Waals surface area contributed by atoms with Crippen LogP contribution in [0.25, 0.3) is 11.1 Å². The number of aryl methyl sites for hydroxylation is 2. The molecule has 0 aromatic heterocycles. The van der Waals surface area contributed by atoms with Crippen molar-refractivity contribution in [2.24, 2.45) is 0 Å². The molecule has 0 heterocycles. The van der Waals surface area contributed by atoms with E-state index < -0.39 is 0 Å². The van der Waals surface area contributed by atoms with Crippen molar-refractivity contribution in [2.75, 3.05) is 0 Å². The van der Waals surface area contributed by atoms with Gasteiger partial charge in [-0.25, -0.2) is 0 Å². The fourth-order valence-corrected chi connectivity index (χ4v) is 5.47. The third kappa shape index (κ3) is 5.66. The van der Waals surface area contributed by atoms with Gasteiger partial charge in [-0.2, -0.15) is 0 Å². The molecular formula is C28H38K2O2. The van der Waals surface area contributed by atoms with Crippen LogP contribution < -0.4 is 0 Å². The average Bonchev–Trinajstić information content (AvgIpc) is 2.66. The summed E-state index contributed by atoms with van der Waals surface area (Å²) in [5.41, 5.74) is 8.82. The van der Waals surface area contributed by atoms with Gasteiger partial charge in [0.2, 0.25) is 0 Å². The molecule has 0 amide bonds. The molecule has 0 aliphatic heterocycles. The summed E-state index contributed by atoms with van der Waals surface area (Å²) in [5.74, 6) is 0.773. The van der Waals surface area contributed by atoms with E-state index in [0.717, 1.165) is 60.8 Å². The maximum Gasteiger partial charge on any atom is 0.127 e. The van der Waals surface area contributed by atoms with Crippen molar-refractivity contribution in [3.63, 3.8) is 0 Å². The molecule has 2 aliphatic rings. The predicted molar refractivity (Wildman–Crippen MR) is 137 cm³/mol. The fourth-order valence-electron chi connectivity index (χ4n) is 5.47. The number of fused-ring (bicyclic) bond motifs is 2. The second-order valence-electron chi connectivity index (χ2n) is 11.5. The molecule has 2 aromatic carbocycles. The van der Waals surface area contributed by atoms with Gasteiger partial charge in [-0.05, 0) is 84.5 Å². The average molecular weight is 485 g/mol. The van der Waals surface area contributed by atoms with Crippen LogP contribution in [0.3, 0.4) is 0 Å². The molecule has 0 saturated heterocycles. The third-order valence-electron chi connectivity index (χ3n) is 7.11. The molecule has 0 saturated carbocycles. The minimum absolute atomic E-state index is 0. The van der Waals surface area contributed by atoms with Crippen LogP contribution in [-0.4, -0.2) is 113 Å². The van der Waals surface area contributed by atoms with Crippen LogP contribution in [0.4, 0.5) is 0 Å². The quantitative estimate of drug-likeness (QED) is 0.463. The number of hydrogen-bond acceptors (Lipinski definition) is 2. The maximum absolute atomic E-state index is 11.6. The van der Waals surface area contributed by atoms with Gasteiger partial charge in [0.25, 0.3) is 0 Å². The summed E-state index contributed by atoms with van der Waals surface area (Å²) in [6.45, 7) is 13.0. The molecule has 2 N–H and O–H groups in total. The van der Waals surface area contributed by atoms with Gasteiger partial charge in [0.1, 0.15) is 11.5 Å². The first kappa shape index (κ1) is 29.5. The van der Waals surface area contributed by atoms with Gasteiger partial charge in [-0.1, -0.05) is 53.7 Å². The normalized spacial score (nSPS) is 15.8. The van der Waals surface area contributed by atoms with E-state index in [1.54, 1.807) is 0 Å². The topological polar surface area (TPSA) is 40.5 Å². The van der Waals surface area contributed by atoms with Crippen molar-refractivity contribution in [2.45, 2.75) is 104 Å². The zero-order valence-electron chi connectivity index (χ0n) is 21.7. The summed E-state index contributed by atoms with van der Waals surface area (Å²) in [7, 11) is 0. The minimum atomic E-state index is -0.150. The first-order valence-corrected chi connectivity index (χ1v) is 11.8. The summed E-state index contributed by atoms with van der Waals surface area (Å²) in [5, 5.41) is 23.3. The number of phenolic OH excluding ortho intramolecular Hbond substituents is 2. The van der Waals surface area contributed by atoms with Crippen molar-refractivity contribution >= 4 is 103 Å². The van der Waals surface area contributed by atoms with Gasteiger partial charge in [0.05, 0.1) is 0 Å². The Kier molecular flexibility index (Phi) is 10.3. The smallest absolute Gasteiger partial charge is 0.127 e. The standard InChI is InChI=1S/C28H38O2.2K/c1-27(2,3)21-15-17-11-7-9-13-19(17)23(25(21)29)24-20-14-10-8-12-18(20)16-22(26(24)30)28(4,5)6;;/h15-16,29-30H,7-14H2,1-6H3;;. The number of hydrogen-bond donors (Lipinski definition) is 2. The fraction of sp³-hybridized carbons (Fsp3) is 0.571. The molecule has 2 aliphatic carbocycles. The summed E-state index contributed by atoms with van der Waals surface area (Å²) in [6.07, 6.45) is 8.79. The van der Waals surface area contributed by atoms with Crippen molar-refractivity contribution in [3.8, 4) is 22.6 Å². The minimum Gasteiger partial charge on any atom is -0.507 e. The van der Waals surface area contributed by atoms with E-state index >= 15 is 0 Å². The van der Waals surface area contributed by atoms with Crippen LogP contribution in [-0.2, 0) is 36.5 Å². The molecule has 0 bridgehead atoms. The first-order chi connectivity index (χ1) is 14.0. The molecule has 0 atom stereocenters. The molecule has 2 radical (unpaired) electrons. The number of phenols is 2. The van der Waals surface area contributed by atoms with Crippen LogP contribution in [0.2, 0.25) is 0 Å². The molecule has 32 heavy (non-hydrogen) atoms. The van der Waals surface area contributed by atoms with Gasteiger partial charge < -0.3 is 10.2 Å². The molecule has 164 valence electrons. The molecular weight excluding hydrogens is 447 g/mol. The van der Waals surface area contributed by atoms with Crippen LogP contribution in [0.1, 0.15) is 101 Å². The van der Waals surface area contributed by atoms with Crippen molar-refractivity contribution in [3.05, 3.63) is 45.5 Å². The van der Waals surface area contributed by atoms with Crippen LogP contribution in [0, 0.1) is 0 Å². The second-order valence-corrected chi connectivity index (χ2v) is 11.5. The number of benzene rings is 2. The van der Waals surface area contributed by atoms with Gasteiger partial charge in [-0.3, -0.25) is 0 Å². The van der Waals surface area contributed by atoms with Crippen LogP contribution in [0.15, 0.2) is 12.1 Å². The van der Waals surface area contributed by atoms with E-state index in [1.165, 1.54) is 35.1 Å². The van der Waals surface area contributed by atoms with Crippen molar-refractivity contribution in [1.29, 1.82) is 0 Å². The largest absolute Gasteiger partial charge is 0.507 e. The van der Waals surface area contributed by atoms with Gasteiger partial charge in [0, 0.05) is 125 Å². The molecule has 0 fully saturated rings. The first-order valence-electron chi connectivity index (χ1n) is 11.8. The molecule has 0 unspecified atom stereocenters. The Morgan fingerprint density at radius 2 is 0.875 bits per heavy atom. The Morgan fingerprint density at radius 1 is 0.562 bits per heavy atom. The Bertz CT molecular complexity index is 913. The number of rotatable bonds is 1. The Balaban J connectivity index is 0.00000181. The van der Waals surface area contributed by atoms with Crippen LogP contribution >= 0.6 is 0 Å². The summed E-state index contributed by atoms with van der Waals surface area (Å²) >= 11 is 0. The third-order valence-corrected chi connectivity index (χ3v) is 7.11. The van der Waals surface area contributed by atoms with Gasteiger partial charge in [0.15, 0.2) is 0 Å². The van der Waals surface area contributed by atoms with Gasteiger partial charge >= 0.3 is 0 Å². The zero-order valence-corrected chi connectivity index (χ0v) is 28.0. The van der Waals surface area contributed by atoms with Crippen LogP contribution in [0.5, 0.6) is 11.5 Å². The van der Waals surface area contributed by atoms with Crippen molar-refractivity contribution in [1.82, 2.24) is 0 Å². The summed E-state index contributed by atoms with van der Waals surface area (Å²) in [4.78, 5) is 0. The molecule has 2 aromatic rings. The Labute approximate surface area is 280 Å².